The second-order valence-electron chi connectivity index (χ2n) is 19.9. The van der Waals surface area contributed by atoms with E-state index in [0.717, 1.165) is 85.3 Å². The van der Waals surface area contributed by atoms with Gasteiger partial charge in [-0.15, -0.1) is 0 Å². The van der Waals surface area contributed by atoms with E-state index in [1.54, 1.807) is 0 Å². The Morgan fingerprint density at radius 3 is 1.53 bits per heavy atom. The highest BCUT2D eigenvalue weighted by molar-refractivity contribution is 5.88. The maximum absolute atomic E-state index is 13.9. The zero-order chi connectivity index (χ0) is 47.8. The van der Waals surface area contributed by atoms with Gasteiger partial charge < -0.3 is 49.7 Å². The first-order valence-corrected chi connectivity index (χ1v) is 24.8. The van der Waals surface area contributed by atoms with E-state index in [-0.39, 0.29) is 47.8 Å². The molecule has 4 aliphatic rings. The molecule has 5 aromatic rings. The van der Waals surface area contributed by atoms with E-state index in [9.17, 15) is 19.2 Å². The molecule has 362 valence electrons. The molecule has 0 bridgehead atoms. The Labute approximate surface area is 398 Å². The Morgan fingerprint density at radius 2 is 1.09 bits per heavy atom. The van der Waals surface area contributed by atoms with Crippen LogP contribution in [-0.2, 0) is 19.1 Å². The average molecular weight is 929 g/mol. The molecule has 16 nitrogen and oxygen atoms in total. The van der Waals surface area contributed by atoms with Crippen molar-refractivity contribution in [3.63, 3.8) is 0 Å². The number of amides is 4. The second-order valence-corrected chi connectivity index (χ2v) is 19.9. The number of carbonyl (C=O) groups is 4. The van der Waals surface area contributed by atoms with Gasteiger partial charge in [-0.1, -0.05) is 39.8 Å². The molecule has 6 heterocycles. The van der Waals surface area contributed by atoms with Gasteiger partial charge >= 0.3 is 12.2 Å². The van der Waals surface area contributed by atoms with Crippen molar-refractivity contribution < 1.29 is 28.7 Å². The van der Waals surface area contributed by atoms with E-state index in [1.165, 1.54) is 61.5 Å². The van der Waals surface area contributed by atoms with Crippen LogP contribution in [0.1, 0.15) is 138 Å². The average Bonchev–Trinajstić information content (AvgIpc) is 4.20. The fourth-order valence-corrected chi connectivity index (χ4v) is 11.3. The molecule has 0 spiro atoms. The van der Waals surface area contributed by atoms with Gasteiger partial charge in [0.15, 0.2) is 0 Å². The number of fused-ring (bicyclic) bond motifs is 2. The minimum absolute atomic E-state index is 0.0570. The highest BCUT2D eigenvalue weighted by Crippen LogP contribution is 2.49. The number of nitrogens with zero attached hydrogens (tertiary/aromatic N) is 6. The fourth-order valence-electron chi connectivity index (χ4n) is 11.3. The summed E-state index contributed by atoms with van der Waals surface area (Å²) in [4.78, 5) is 78.6. The summed E-state index contributed by atoms with van der Waals surface area (Å²) in [7, 11) is 2.61. The predicted molar refractivity (Wildman–Crippen MR) is 262 cm³/mol. The lowest BCUT2D eigenvalue weighted by molar-refractivity contribution is -0.136. The third kappa shape index (κ3) is 9.17. The molecule has 2 aromatic heterocycles. The van der Waals surface area contributed by atoms with E-state index in [0.29, 0.717) is 13.1 Å². The molecular formula is C52H68N10O6. The number of hydrogen-bond donors (Lipinski definition) is 4. The molecule has 68 heavy (non-hydrogen) atoms. The van der Waals surface area contributed by atoms with Crippen molar-refractivity contribution in [2.45, 2.75) is 129 Å². The summed E-state index contributed by atoms with van der Waals surface area (Å²) in [6.45, 7) is 13.3. The third-order valence-corrected chi connectivity index (χ3v) is 14.9. The van der Waals surface area contributed by atoms with Gasteiger partial charge in [0.2, 0.25) is 11.8 Å². The molecule has 1 unspecified atom stereocenters. The predicted octanol–water partition coefficient (Wildman–Crippen LogP) is 8.91. The minimum Gasteiger partial charge on any atom is -0.453 e. The Hall–Kier alpha value is -6.32. The van der Waals surface area contributed by atoms with Gasteiger partial charge in [-0.05, 0) is 136 Å². The number of piperidine rings is 1. The first-order chi connectivity index (χ1) is 32.8. The second kappa shape index (κ2) is 19.7. The lowest BCUT2D eigenvalue weighted by atomic mass is 10.0. The first kappa shape index (κ1) is 46.8. The lowest BCUT2D eigenvalue weighted by Crippen LogP contribution is -2.51. The van der Waals surface area contributed by atoms with E-state index in [1.807, 2.05) is 37.5 Å². The largest absolute Gasteiger partial charge is 0.453 e. The van der Waals surface area contributed by atoms with Gasteiger partial charge in [-0.2, -0.15) is 0 Å². The van der Waals surface area contributed by atoms with E-state index in [2.05, 4.69) is 91.9 Å². The maximum atomic E-state index is 13.9. The van der Waals surface area contributed by atoms with Gasteiger partial charge in [0.05, 0.1) is 60.5 Å². The van der Waals surface area contributed by atoms with Crippen molar-refractivity contribution in [3.05, 3.63) is 82.9 Å². The molecule has 4 fully saturated rings. The third-order valence-electron chi connectivity index (χ3n) is 14.9. The van der Waals surface area contributed by atoms with Gasteiger partial charge in [0.1, 0.15) is 23.7 Å². The number of hydrogen-bond acceptors (Lipinski definition) is 10. The molecule has 4 N–H and O–H groups in total. The number of aromatic nitrogens is 4. The smallest absolute Gasteiger partial charge is 0.407 e. The number of H-pyrrole nitrogens is 2. The zero-order valence-electron chi connectivity index (χ0n) is 40.6. The molecule has 4 aliphatic heterocycles. The summed E-state index contributed by atoms with van der Waals surface area (Å²) in [6.07, 6.45) is 7.56. The number of ether oxygens (including phenoxy) is 2. The number of imidazole rings is 2. The Morgan fingerprint density at radius 1 is 0.603 bits per heavy atom. The zero-order valence-corrected chi connectivity index (χ0v) is 40.6. The molecule has 0 saturated carbocycles. The standard InChI is InChI=1S/C52H68N10O6/c1-30(2)45(57-51(65)67-6)49(63)60-25-11-13-43(60)47-53-36-18-15-33(28-38(36)55-47)41-21-22-42(62(41)35-17-20-40(32(5)27-35)59-23-9-8-10-24-59)34-16-19-37-39(29-34)56-48(54-37)44-14-12-26-61(44)50(64)46(31(3)4)58-52(66)68-7/h15-20,27-31,41-46H,8-14,21-26H2,1-7H3,(H,53,55)(H,54,56)(H,57,65)(H,58,66)/t41-,42-,43+,44?,45+,46+/m1/s1. The number of benzene rings is 3. The number of nitrogens with one attached hydrogen (secondary N) is 4. The molecule has 4 amide bonds. The van der Waals surface area contributed by atoms with Crippen LogP contribution >= 0.6 is 0 Å². The number of likely N-dealkylation sites (tertiary alicyclic amines) is 2. The van der Waals surface area contributed by atoms with Crippen molar-refractivity contribution in [1.82, 2.24) is 40.4 Å². The molecule has 0 aliphatic carbocycles. The van der Waals surface area contributed by atoms with Crippen LogP contribution in [0.15, 0.2) is 54.6 Å². The monoisotopic (exact) mass is 929 g/mol. The maximum Gasteiger partial charge on any atom is 0.407 e. The van der Waals surface area contributed by atoms with Gasteiger partial charge in [0.25, 0.3) is 0 Å². The Bertz CT molecular complexity index is 2510. The molecule has 3 aromatic carbocycles. The van der Waals surface area contributed by atoms with Crippen molar-refractivity contribution in [1.29, 1.82) is 0 Å². The molecule has 4 saturated heterocycles. The number of aromatic amines is 2. The number of alkyl carbamates (subject to hydrolysis) is 2. The van der Waals surface area contributed by atoms with Crippen LogP contribution in [0.2, 0.25) is 0 Å². The van der Waals surface area contributed by atoms with Crippen LogP contribution in [0.5, 0.6) is 0 Å². The van der Waals surface area contributed by atoms with Gasteiger partial charge in [-0.3, -0.25) is 9.59 Å². The Kier molecular flexibility index (Phi) is 13.6. The molecular weight excluding hydrogens is 861 g/mol. The van der Waals surface area contributed by atoms with Crippen molar-refractivity contribution in [2.75, 3.05) is 50.2 Å². The lowest BCUT2D eigenvalue weighted by Gasteiger charge is -2.35. The molecule has 16 heteroatoms. The topological polar surface area (TPSA) is 181 Å². The molecule has 6 atom stereocenters. The van der Waals surface area contributed by atoms with Crippen LogP contribution in [-0.4, -0.2) is 106 Å². The van der Waals surface area contributed by atoms with Crippen molar-refractivity contribution >= 4 is 57.4 Å². The highest BCUT2D eigenvalue weighted by atomic mass is 16.5. The number of rotatable bonds is 12. The summed E-state index contributed by atoms with van der Waals surface area (Å²) in [5.74, 6) is 1.00. The molecule has 0 radical (unpaired) electrons. The Balaban J connectivity index is 1.02. The van der Waals surface area contributed by atoms with Crippen LogP contribution in [0, 0.1) is 18.8 Å². The van der Waals surface area contributed by atoms with Crippen LogP contribution in [0.4, 0.5) is 21.0 Å². The number of aryl methyl sites for hydroxylation is 1. The fraction of sp³-hybridized carbons (Fsp3) is 0.538. The number of carbonyl (C=O) groups excluding carboxylic acids is 4. The SMILES string of the molecule is COC(=O)N[C@H](C(=O)N1CCCC1c1nc2cc([C@H]3CC[C@H](c4ccc5[nH]c([C@@H]6CCCN6C(=O)[C@@H](NC(=O)OC)C(C)C)nc5c4)N3c3ccc(N4CCCCC4)c(C)c3)ccc2[nH]1)C(C)C. The van der Waals surface area contributed by atoms with Gasteiger partial charge in [-0.25, -0.2) is 19.6 Å². The van der Waals surface area contributed by atoms with E-state index < -0.39 is 24.3 Å². The summed E-state index contributed by atoms with van der Waals surface area (Å²) >= 11 is 0. The van der Waals surface area contributed by atoms with E-state index in [4.69, 9.17) is 19.4 Å². The minimum atomic E-state index is -0.706. The summed E-state index contributed by atoms with van der Waals surface area (Å²) in [6, 6.07) is 18.3. The van der Waals surface area contributed by atoms with Crippen LogP contribution in [0.3, 0.4) is 0 Å². The van der Waals surface area contributed by atoms with E-state index >= 15 is 0 Å². The van der Waals surface area contributed by atoms with Crippen LogP contribution < -0.4 is 20.4 Å². The molecule has 9 rings (SSSR count). The number of anilines is 2. The van der Waals surface area contributed by atoms with Gasteiger partial charge in [0, 0.05) is 37.6 Å². The quantitative estimate of drug-likeness (QED) is 0.0944. The summed E-state index contributed by atoms with van der Waals surface area (Å²) in [5, 5.41) is 5.51. The summed E-state index contributed by atoms with van der Waals surface area (Å²) < 4.78 is 9.70. The van der Waals surface area contributed by atoms with Crippen molar-refractivity contribution in [3.8, 4) is 0 Å². The van der Waals surface area contributed by atoms with Crippen LogP contribution in [0.25, 0.3) is 22.1 Å². The normalized spacial score (nSPS) is 21.8. The number of methoxy groups -OCH3 is 2. The van der Waals surface area contributed by atoms with Crippen molar-refractivity contribution in [2.24, 2.45) is 11.8 Å². The summed E-state index contributed by atoms with van der Waals surface area (Å²) in [5.41, 5.74) is 9.63. The highest BCUT2D eigenvalue weighted by Gasteiger charge is 2.41. The first-order valence-electron chi connectivity index (χ1n) is 24.8.